The van der Waals surface area contributed by atoms with Gasteiger partial charge in [0.1, 0.15) is 5.60 Å². The first-order chi connectivity index (χ1) is 15.2. The number of hydrogen-bond donors (Lipinski definition) is 0. The van der Waals surface area contributed by atoms with Crippen LogP contribution in [0.15, 0.2) is 48.5 Å². The zero-order chi connectivity index (χ0) is 22.9. The van der Waals surface area contributed by atoms with Gasteiger partial charge in [-0.15, -0.1) is 0 Å². The minimum atomic E-state index is -0.509. The molecule has 2 heterocycles. The van der Waals surface area contributed by atoms with Crippen molar-refractivity contribution >= 4 is 34.7 Å². The van der Waals surface area contributed by atoms with Crippen LogP contribution in [0.2, 0.25) is 5.02 Å². The summed E-state index contributed by atoms with van der Waals surface area (Å²) < 4.78 is 7.84. The minimum absolute atomic E-state index is 0.0676. The van der Waals surface area contributed by atoms with E-state index in [1.165, 1.54) is 0 Å². The number of aromatic nitrogens is 2. The fourth-order valence-electron chi connectivity index (χ4n) is 4.21. The molecule has 7 heteroatoms. The van der Waals surface area contributed by atoms with Crippen molar-refractivity contribution in [3.8, 4) is 0 Å². The number of halogens is 1. The highest BCUT2D eigenvalue weighted by atomic mass is 35.5. The molecule has 1 saturated heterocycles. The molecule has 1 fully saturated rings. The van der Waals surface area contributed by atoms with Crippen molar-refractivity contribution in [2.45, 2.75) is 51.8 Å². The van der Waals surface area contributed by atoms with Crippen molar-refractivity contribution in [3.63, 3.8) is 0 Å². The van der Waals surface area contributed by atoms with Gasteiger partial charge in [-0.05, 0) is 63.4 Å². The van der Waals surface area contributed by atoms with E-state index in [1.807, 2.05) is 64.2 Å². The average Bonchev–Trinajstić information content (AvgIpc) is 3.10. The predicted molar refractivity (Wildman–Crippen MR) is 130 cm³/mol. The van der Waals surface area contributed by atoms with Crippen LogP contribution >= 0.6 is 11.6 Å². The number of anilines is 1. The second-order valence-electron chi connectivity index (χ2n) is 9.45. The number of hydrogen-bond acceptors (Lipinski definition) is 4. The highest BCUT2D eigenvalue weighted by Gasteiger charge is 2.31. The number of para-hydroxylation sites is 2. The van der Waals surface area contributed by atoms with Crippen LogP contribution in [0, 0.1) is 0 Å². The van der Waals surface area contributed by atoms with Crippen LogP contribution in [0.3, 0.4) is 0 Å². The first kappa shape index (κ1) is 22.5. The van der Waals surface area contributed by atoms with Gasteiger partial charge in [-0.1, -0.05) is 35.9 Å². The Morgan fingerprint density at radius 3 is 2.75 bits per heavy atom. The van der Waals surface area contributed by atoms with Crippen LogP contribution in [-0.4, -0.2) is 52.3 Å². The lowest BCUT2D eigenvalue weighted by Gasteiger charge is -2.38. The Morgan fingerprint density at radius 2 is 2.00 bits per heavy atom. The van der Waals surface area contributed by atoms with Crippen LogP contribution in [0.25, 0.3) is 11.0 Å². The fourth-order valence-corrected chi connectivity index (χ4v) is 4.43. The van der Waals surface area contributed by atoms with Crippen molar-refractivity contribution in [1.82, 2.24) is 14.5 Å². The van der Waals surface area contributed by atoms with E-state index in [-0.39, 0.29) is 12.1 Å². The summed E-state index contributed by atoms with van der Waals surface area (Å²) in [5.74, 6) is 0.925. The first-order valence-corrected chi connectivity index (χ1v) is 11.5. The molecular weight excluding hydrogens is 424 g/mol. The zero-order valence-electron chi connectivity index (χ0n) is 19.2. The Kier molecular flexibility index (Phi) is 6.33. The fraction of sp³-hybridized carbons (Fsp3) is 0.440. The number of carbonyl (C=O) groups excluding carboxylic acids is 1. The number of carbonyl (C=O) groups is 1. The summed E-state index contributed by atoms with van der Waals surface area (Å²) in [6.07, 6.45) is 1.65. The largest absolute Gasteiger partial charge is 0.444 e. The molecule has 3 aromatic rings. The standard InChI is InChI=1S/C25H31ClN4O2/c1-25(2,3)32-24(31)28(4)20-11-8-14-29(17-20)23-27-21-12-5-6-13-22(21)30(23)16-18-9-7-10-19(26)15-18/h5-7,9-10,12-13,15,20H,8,11,14,16-17H2,1-4H3. The van der Waals surface area contributed by atoms with Crippen molar-refractivity contribution in [1.29, 1.82) is 0 Å². The summed E-state index contributed by atoms with van der Waals surface area (Å²) in [4.78, 5) is 21.6. The lowest BCUT2D eigenvalue weighted by molar-refractivity contribution is 0.0209. The third-order valence-electron chi connectivity index (χ3n) is 5.77. The first-order valence-electron chi connectivity index (χ1n) is 11.1. The Bertz CT molecular complexity index is 1100. The molecule has 2 aromatic carbocycles. The topological polar surface area (TPSA) is 50.6 Å². The van der Waals surface area contributed by atoms with E-state index in [2.05, 4.69) is 21.6 Å². The van der Waals surface area contributed by atoms with Gasteiger partial charge in [0.05, 0.1) is 23.6 Å². The second-order valence-corrected chi connectivity index (χ2v) is 9.89. The molecule has 4 rings (SSSR count). The molecule has 0 aliphatic carbocycles. The summed E-state index contributed by atoms with van der Waals surface area (Å²) in [5, 5.41) is 0.727. The molecular formula is C25H31ClN4O2. The third-order valence-corrected chi connectivity index (χ3v) is 6.01. The van der Waals surface area contributed by atoms with Crippen LogP contribution < -0.4 is 4.90 Å². The summed E-state index contributed by atoms with van der Waals surface area (Å²) in [5.41, 5.74) is 2.67. The molecule has 1 amide bonds. The number of piperidine rings is 1. The summed E-state index contributed by atoms with van der Waals surface area (Å²) >= 11 is 6.24. The van der Waals surface area contributed by atoms with E-state index >= 15 is 0 Å². The van der Waals surface area contributed by atoms with Crippen molar-refractivity contribution in [3.05, 3.63) is 59.1 Å². The van der Waals surface area contributed by atoms with Crippen molar-refractivity contribution in [2.24, 2.45) is 0 Å². The smallest absolute Gasteiger partial charge is 0.410 e. The maximum Gasteiger partial charge on any atom is 0.410 e. The number of nitrogens with zero attached hydrogens (tertiary/aromatic N) is 4. The molecule has 1 atom stereocenters. The minimum Gasteiger partial charge on any atom is -0.444 e. The van der Waals surface area contributed by atoms with E-state index in [1.54, 1.807) is 4.90 Å². The molecule has 0 saturated carbocycles. The molecule has 0 radical (unpaired) electrons. The molecule has 1 unspecified atom stereocenters. The Balaban J connectivity index is 1.62. The Morgan fingerprint density at radius 1 is 1.22 bits per heavy atom. The molecule has 0 N–H and O–H groups in total. The number of benzene rings is 2. The highest BCUT2D eigenvalue weighted by molar-refractivity contribution is 6.30. The van der Waals surface area contributed by atoms with E-state index in [4.69, 9.17) is 21.3 Å². The predicted octanol–water partition coefficient (Wildman–Crippen LogP) is 5.57. The average molecular weight is 455 g/mol. The molecule has 32 heavy (non-hydrogen) atoms. The third kappa shape index (κ3) is 5.01. The van der Waals surface area contributed by atoms with Gasteiger partial charge in [-0.25, -0.2) is 9.78 Å². The molecule has 1 aromatic heterocycles. The Labute approximate surface area is 194 Å². The van der Waals surface area contributed by atoms with Crippen LogP contribution in [0.1, 0.15) is 39.2 Å². The Hall–Kier alpha value is -2.73. The van der Waals surface area contributed by atoms with E-state index in [9.17, 15) is 4.79 Å². The van der Waals surface area contributed by atoms with E-state index in [0.29, 0.717) is 13.1 Å². The quantitative estimate of drug-likeness (QED) is 0.516. The monoisotopic (exact) mass is 454 g/mol. The van der Waals surface area contributed by atoms with Gasteiger partial charge in [0.15, 0.2) is 0 Å². The van der Waals surface area contributed by atoms with Gasteiger partial charge in [-0.2, -0.15) is 0 Å². The van der Waals surface area contributed by atoms with E-state index < -0.39 is 5.60 Å². The number of rotatable bonds is 4. The van der Waals surface area contributed by atoms with E-state index in [0.717, 1.165) is 47.0 Å². The van der Waals surface area contributed by atoms with Gasteiger partial charge < -0.3 is 19.1 Å². The molecule has 1 aliphatic heterocycles. The van der Waals surface area contributed by atoms with Crippen LogP contribution in [0.5, 0.6) is 0 Å². The molecule has 0 spiro atoms. The number of amides is 1. The lowest BCUT2D eigenvalue weighted by atomic mass is 10.1. The van der Waals surface area contributed by atoms with Crippen LogP contribution in [-0.2, 0) is 11.3 Å². The maximum atomic E-state index is 12.6. The highest BCUT2D eigenvalue weighted by Crippen LogP contribution is 2.28. The van der Waals surface area contributed by atoms with Crippen molar-refractivity contribution in [2.75, 3.05) is 25.0 Å². The number of likely N-dealkylation sites (N-methyl/N-ethyl adjacent to an activating group) is 1. The summed E-state index contributed by atoms with van der Waals surface area (Å²) in [6, 6.07) is 16.2. The van der Waals surface area contributed by atoms with Gasteiger partial charge in [0.25, 0.3) is 0 Å². The van der Waals surface area contributed by atoms with Gasteiger partial charge >= 0.3 is 6.09 Å². The van der Waals surface area contributed by atoms with Gasteiger partial charge in [0.2, 0.25) is 5.95 Å². The lowest BCUT2D eigenvalue weighted by Crippen LogP contribution is -2.50. The molecule has 0 bridgehead atoms. The second kappa shape index (κ2) is 9.02. The molecule has 170 valence electrons. The SMILES string of the molecule is CN(C(=O)OC(C)(C)C)C1CCCN(c2nc3ccccc3n2Cc2cccc(Cl)c2)C1. The zero-order valence-corrected chi connectivity index (χ0v) is 20.0. The number of imidazole rings is 1. The molecule has 1 aliphatic rings. The number of fused-ring (bicyclic) bond motifs is 1. The van der Waals surface area contributed by atoms with Crippen LogP contribution in [0.4, 0.5) is 10.7 Å². The summed E-state index contributed by atoms with van der Waals surface area (Å²) in [7, 11) is 1.83. The normalized spacial score (nSPS) is 16.9. The van der Waals surface area contributed by atoms with Gasteiger partial charge in [0, 0.05) is 25.2 Å². The van der Waals surface area contributed by atoms with Gasteiger partial charge in [-0.3, -0.25) is 0 Å². The molecule has 6 nitrogen and oxygen atoms in total. The summed E-state index contributed by atoms with van der Waals surface area (Å²) in [6.45, 7) is 7.98. The number of ether oxygens (including phenoxy) is 1. The van der Waals surface area contributed by atoms with Crippen molar-refractivity contribution < 1.29 is 9.53 Å². The maximum absolute atomic E-state index is 12.6.